The third kappa shape index (κ3) is 6.36. The van der Waals surface area contributed by atoms with Gasteiger partial charge in [0.2, 0.25) is 0 Å². The highest BCUT2D eigenvalue weighted by Gasteiger charge is 2.13. The van der Waals surface area contributed by atoms with Crippen molar-refractivity contribution in [3.05, 3.63) is 89.5 Å². The number of halogens is 3. The lowest BCUT2D eigenvalue weighted by molar-refractivity contribution is 1.27. The molecule has 0 spiro atoms. The zero-order chi connectivity index (χ0) is 20.3. The predicted octanol–water partition coefficient (Wildman–Crippen LogP) is 4.27. The molecule has 0 aliphatic heterocycles. The van der Waals surface area contributed by atoms with Crippen molar-refractivity contribution >= 4 is 71.8 Å². The Morgan fingerprint density at radius 1 is 0.452 bits per heavy atom. The van der Waals surface area contributed by atoms with Crippen LogP contribution in [0.2, 0.25) is 0 Å². The first kappa shape index (κ1) is 27.7. The Morgan fingerprint density at radius 2 is 0.645 bits per heavy atom. The summed E-state index contributed by atoms with van der Waals surface area (Å²) in [5, 5.41) is 22.7. The van der Waals surface area contributed by atoms with Crippen LogP contribution in [0.25, 0.3) is 0 Å². The molecule has 0 aromatic heterocycles. The first-order valence-corrected chi connectivity index (χ1v) is 8.50. The smallest absolute Gasteiger partial charge is 0.122 e. The zero-order valence-corrected chi connectivity index (χ0v) is 18.8. The molecule has 0 aliphatic rings. The summed E-state index contributed by atoms with van der Waals surface area (Å²) in [4.78, 5) is 2.01. The van der Waals surface area contributed by atoms with E-state index in [1.165, 1.54) is 0 Å². The van der Waals surface area contributed by atoms with Gasteiger partial charge in [0.05, 0.1) is 0 Å². The Hall–Kier alpha value is -3.26. The van der Waals surface area contributed by atoms with Gasteiger partial charge in [0.15, 0.2) is 0 Å². The van der Waals surface area contributed by atoms with E-state index in [-0.39, 0.29) is 54.7 Å². The maximum Gasteiger partial charge on any atom is 0.122 e. The number of rotatable bonds is 6. The highest BCUT2D eigenvalue weighted by Crippen LogP contribution is 2.34. The summed E-state index contributed by atoms with van der Waals surface area (Å²) in [7, 11) is 0. The average Bonchev–Trinajstić information content (AvgIpc) is 2.69. The Bertz CT molecular complexity index is 897. The molecule has 3 aromatic carbocycles. The van der Waals surface area contributed by atoms with Crippen LogP contribution < -0.4 is 22.1 Å². The monoisotopic (exact) mass is 479 g/mol. The zero-order valence-electron chi connectivity index (χ0n) is 16.3. The first-order chi connectivity index (χ1) is 13.4. The Morgan fingerprint density at radius 3 is 0.806 bits per heavy atom. The van der Waals surface area contributed by atoms with E-state index in [0.29, 0.717) is 16.7 Å². The third-order valence-corrected chi connectivity index (χ3v) is 4.31. The van der Waals surface area contributed by atoms with Crippen LogP contribution in [0.15, 0.2) is 72.8 Å². The molecule has 3 rings (SSSR count). The number of nitrogens with one attached hydrogen (secondary N) is 3. The number of anilines is 3. The molecule has 164 valence electrons. The molecule has 10 heteroatoms. The topological polar surface area (TPSA) is 153 Å². The molecule has 7 nitrogen and oxygen atoms in total. The van der Waals surface area contributed by atoms with Crippen molar-refractivity contribution < 1.29 is 0 Å². The van der Waals surface area contributed by atoms with Crippen LogP contribution >= 0.6 is 37.2 Å². The molecule has 0 radical (unpaired) electrons. The molecular formula is C21H24Cl3N7. The molecule has 0 unspecified atom stereocenters. The highest BCUT2D eigenvalue weighted by molar-refractivity contribution is 5.97. The van der Waals surface area contributed by atoms with E-state index < -0.39 is 0 Å². The predicted molar refractivity (Wildman–Crippen MR) is 136 cm³/mol. The minimum Gasteiger partial charge on any atom is -0.384 e. The van der Waals surface area contributed by atoms with Gasteiger partial charge in [-0.1, -0.05) is 0 Å². The fourth-order valence-electron chi connectivity index (χ4n) is 2.82. The molecule has 3 aromatic rings. The van der Waals surface area contributed by atoms with Gasteiger partial charge in [-0.05, 0) is 72.8 Å². The van der Waals surface area contributed by atoms with Gasteiger partial charge >= 0.3 is 0 Å². The SMILES string of the molecule is Cl.Cl.Cl.N=C(N)c1ccc(N(c2ccc(C(=N)N)cc2)c2ccc(C(=N)N)cc2)cc1. The maximum absolute atomic E-state index is 7.57. The Kier molecular flexibility index (Phi) is 10.6. The van der Waals surface area contributed by atoms with Crippen LogP contribution in [0.4, 0.5) is 17.1 Å². The van der Waals surface area contributed by atoms with E-state index in [1.807, 2.05) is 41.3 Å². The van der Waals surface area contributed by atoms with E-state index in [9.17, 15) is 0 Å². The molecule has 0 saturated carbocycles. The fourth-order valence-corrected chi connectivity index (χ4v) is 2.82. The van der Waals surface area contributed by atoms with Gasteiger partial charge in [0.1, 0.15) is 17.5 Å². The fraction of sp³-hybridized carbons (Fsp3) is 0. The summed E-state index contributed by atoms with van der Waals surface area (Å²) in [5.41, 5.74) is 21.2. The number of hydrogen-bond acceptors (Lipinski definition) is 4. The van der Waals surface area contributed by atoms with E-state index in [2.05, 4.69) is 0 Å². The van der Waals surface area contributed by atoms with E-state index >= 15 is 0 Å². The highest BCUT2D eigenvalue weighted by atomic mass is 35.5. The van der Waals surface area contributed by atoms with Crippen LogP contribution in [0, 0.1) is 16.2 Å². The maximum atomic E-state index is 7.57. The van der Waals surface area contributed by atoms with Crippen molar-refractivity contribution in [1.29, 1.82) is 16.2 Å². The van der Waals surface area contributed by atoms with Crippen LogP contribution in [-0.4, -0.2) is 17.5 Å². The summed E-state index contributed by atoms with van der Waals surface area (Å²) in [6.45, 7) is 0. The lowest BCUT2D eigenvalue weighted by atomic mass is 10.1. The number of nitrogens with zero attached hydrogens (tertiary/aromatic N) is 1. The summed E-state index contributed by atoms with van der Waals surface area (Å²) in [6, 6.07) is 22.0. The molecule has 0 saturated heterocycles. The second-order valence-electron chi connectivity index (χ2n) is 6.22. The standard InChI is InChI=1S/C21H21N7.3ClH/c22-19(23)13-1-7-16(8-2-13)28(17-9-3-14(4-10-17)20(24)25)18-11-5-15(6-12-18)21(26)27;;;/h1-12H,(H3,22,23)(H3,24,25)(H3,26,27);3*1H. The second-order valence-corrected chi connectivity index (χ2v) is 6.22. The summed E-state index contributed by atoms with van der Waals surface area (Å²) >= 11 is 0. The van der Waals surface area contributed by atoms with Gasteiger partial charge in [0, 0.05) is 33.8 Å². The molecule has 0 heterocycles. The second kappa shape index (κ2) is 11.8. The number of nitrogens with two attached hydrogens (primary N) is 3. The van der Waals surface area contributed by atoms with Crippen LogP contribution in [0.5, 0.6) is 0 Å². The molecule has 0 aliphatic carbocycles. The average molecular weight is 481 g/mol. The summed E-state index contributed by atoms with van der Waals surface area (Å²) in [6.07, 6.45) is 0. The number of amidine groups is 3. The number of hydrogen-bond donors (Lipinski definition) is 6. The Balaban J connectivity index is 0.00000300. The van der Waals surface area contributed by atoms with Crippen molar-refractivity contribution in [2.45, 2.75) is 0 Å². The molecule has 31 heavy (non-hydrogen) atoms. The minimum atomic E-state index is 0. The van der Waals surface area contributed by atoms with E-state index in [4.69, 9.17) is 33.4 Å². The number of benzene rings is 3. The van der Waals surface area contributed by atoms with Gasteiger partial charge in [-0.15, -0.1) is 37.2 Å². The summed E-state index contributed by atoms with van der Waals surface area (Å²) in [5.74, 6) is 0.0270. The lowest BCUT2D eigenvalue weighted by Gasteiger charge is -2.26. The summed E-state index contributed by atoms with van der Waals surface area (Å²) < 4.78 is 0. The molecular weight excluding hydrogens is 457 g/mol. The van der Waals surface area contributed by atoms with E-state index in [1.54, 1.807) is 36.4 Å². The van der Waals surface area contributed by atoms with Gasteiger partial charge in [-0.25, -0.2) is 0 Å². The molecule has 0 amide bonds. The molecule has 0 bridgehead atoms. The van der Waals surface area contributed by atoms with Crippen LogP contribution in [0.1, 0.15) is 16.7 Å². The normalized spacial score (nSPS) is 9.29. The number of nitrogen functional groups attached to an aromatic ring is 3. The largest absolute Gasteiger partial charge is 0.384 e. The van der Waals surface area contributed by atoms with Crippen molar-refractivity contribution in [2.24, 2.45) is 17.2 Å². The first-order valence-electron chi connectivity index (χ1n) is 8.50. The Labute approximate surface area is 199 Å². The van der Waals surface area contributed by atoms with Gasteiger partial charge in [0.25, 0.3) is 0 Å². The van der Waals surface area contributed by atoms with Crippen LogP contribution in [0.3, 0.4) is 0 Å². The third-order valence-electron chi connectivity index (χ3n) is 4.31. The minimum absolute atomic E-state index is 0. The van der Waals surface area contributed by atoms with Crippen molar-refractivity contribution in [3.8, 4) is 0 Å². The molecule has 9 N–H and O–H groups in total. The molecule has 0 atom stereocenters. The quantitative estimate of drug-likeness (QED) is 0.230. The van der Waals surface area contributed by atoms with E-state index in [0.717, 1.165) is 17.1 Å². The van der Waals surface area contributed by atoms with Crippen molar-refractivity contribution in [2.75, 3.05) is 4.90 Å². The van der Waals surface area contributed by atoms with Gasteiger partial charge in [-0.3, -0.25) is 16.2 Å². The molecule has 0 fully saturated rings. The lowest BCUT2D eigenvalue weighted by Crippen LogP contribution is -2.15. The van der Waals surface area contributed by atoms with Gasteiger partial charge in [-0.2, -0.15) is 0 Å². The van der Waals surface area contributed by atoms with Crippen LogP contribution in [-0.2, 0) is 0 Å². The van der Waals surface area contributed by atoms with Gasteiger partial charge < -0.3 is 22.1 Å². The van der Waals surface area contributed by atoms with Crippen molar-refractivity contribution in [1.82, 2.24) is 0 Å². The van der Waals surface area contributed by atoms with Crippen molar-refractivity contribution in [3.63, 3.8) is 0 Å².